The molecule has 0 spiro atoms. The molecule has 0 amide bonds. The number of nitrogens with one attached hydrogen (secondary N) is 3. The average molecular weight is 659 g/mol. The molecule has 3 N–H and O–H groups in total. The minimum atomic E-state index is 0.845. The molecule has 0 atom stereocenters. The minimum Gasteiger partial charge on any atom is -0.443 e. The third-order valence-electron chi connectivity index (χ3n) is 7.96. The van der Waals surface area contributed by atoms with Crippen LogP contribution in [0.5, 0.6) is 0 Å². The monoisotopic (exact) mass is 658 g/mol. The number of fused-ring (bicyclic) bond motifs is 7. The Hall–Kier alpha value is -6.09. The fourth-order valence-corrected chi connectivity index (χ4v) is 6.20. The van der Waals surface area contributed by atoms with Crippen molar-refractivity contribution in [2.24, 2.45) is 0 Å². The van der Waals surface area contributed by atoms with Gasteiger partial charge in [0.25, 0.3) is 0 Å². The number of benzene rings is 6. The fourth-order valence-electron chi connectivity index (χ4n) is 5.52. The van der Waals surface area contributed by atoms with E-state index in [0.717, 1.165) is 40.7 Å². The van der Waals surface area contributed by atoms with Gasteiger partial charge in [0.1, 0.15) is 5.52 Å². The smallest absolute Gasteiger partial charge is 0.181 e. The van der Waals surface area contributed by atoms with Crippen molar-refractivity contribution < 1.29 is 4.42 Å². The first-order chi connectivity index (χ1) is 24.3. The average Bonchev–Trinajstić information content (AvgIpc) is 4.02. The highest BCUT2D eigenvalue weighted by Crippen LogP contribution is 2.24. The summed E-state index contributed by atoms with van der Waals surface area (Å²) in [6.07, 6.45) is 3.15. The maximum absolute atomic E-state index is 5.01. The van der Waals surface area contributed by atoms with Gasteiger partial charge in [0, 0.05) is 34.9 Å². The van der Waals surface area contributed by atoms with Crippen LogP contribution in [-0.2, 0) is 13.1 Å². The number of nitrogens with zero attached hydrogens (tertiary/aromatic N) is 3. The maximum atomic E-state index is 5.01. The summed E-state index contributed by atoms with van der Waals surface area (Å²) in [7, 11) is 0. The highest BCUT2D eigenvalue weighted by Gasteiger charge is 2.06. The predicted octanol–water partition coefficient (Wildman–Crippen LogP) is 10.3. The van der Waals surface area contributed by atoms with Crippen LogP contribution in [-0.4, -0.2) is 24.9 Å². The predicted molar refractivity (Wildman–Crippen MR) is 203 cm³/mol. The quantitative estimate of drug-likeness (QED) is 0.151. The number of hydrogen-bond donors (Lipinski definition) is 3. The SMILES string of the molecule is c1ccc2[nH]cnc2c1.c1ccc2c(c1)CNC2.c1ccc2c(c1)[nH]c1ccccc12.c1ccc2ocnc2c1.c1ccc2scnc2c1. The van der Waals surface area contributed by atoms with Crippen molar-refractivity contribution in [1.29, 1.82) is 0 Å². The van der Waals surface area contributed by atoms with Gasteiger partial charge in [-0.1, -0.05) is 97.1 Å². The number of aromatic amines is 2. The Morgan fingerprint density at radius 3 is 1.76 bits per heavy atom. The van der Waals surface area contributed by atoms with Gasteiger partial charge in [-0.15, -0.1) is 11.3 Å². The summed E-state index contributed by atoms with van der Waals surface area (Å²) in [6, 6.07) is 49.0. The van der Waals surface area contributed by atoms with Crippen molar-refractivity contribution in [2.45, 2.75) is 13.1 Å². The molecule has 8 heteroatoms. The molecule has 4 aromatic heterocycles. The van der Waals surface area contributed by atoms with Gasteiger partial charge in [-0.3, -0.25) is 0 Å². The summed E-state index contributed by atoms with van der Waals surface area (Å²) in [6.45, 7) is 2.10. The minimum absolute atomic E-state index is 0.845. The molecule has 5 heterocycles. The van der Waals surface area contributed by atoms with Crippen LogP contribution in [0.1, 0.15) is 11.1 Å². The molecule has 1 aliphatic rings. The van der Waals surface area contributed by atoms with Crippen molar-refractivity contribution in [1.82, 2.24) is 30.2 Å². The molecule has 49 heavy (non-hydrogen) atoms. The zero-order valence-corrected chi connectivity index (χ0v) is 27.5. The molecule has 7 nitrogen and oxygen atoms in total. The second-order valence-electron chi connectivity index (χ2n) is 11.1. The van der Waals surface area contributed by atoms with Crippen LogP contribution in [0.25, 0.3) is 54.2 Å². The fraction of sp³-hybridized carbons (Fsp3) is 0.0488. The lowest BCUT2D eigenvalue weighted by Gasteiger charge is -1.91. The van der Waals surface area contributed by atoms with Crippen molar-refractivity contribution in [3.8, 4) is 0 Å². The number of thiazole rings is 1. The van der Waals surface area contributed by atoms with Crippen LogP contribution in [0.3, 0.4) is 0 Å². The highest BCUT2D eigenvalue weighted by atomic mass is 32.1. The molecule has 11 rings (SSSR count). The van der Waals surface area contributed by atoms with E-state index in [0.29, 0.717) is 0 Å². The first-order valence-electron chi connectivity index (χ1n) is 16.0. The van der Waals surface area contributed by atoms with E-state index >= 15 is 0 Å². The molecule has 10 aromatic rings. The summed E-state index contributed by atoms with van der Waals surface area (Å²) < 4.78 is 6.27. The summed E-state index contributed by atoms with van der Waals surface area (Å²) in [5.74, 6) is 0. The molecular formula is C41H34N6OS. The van der Waals surface area contributed by atoms with Gasteiger partial charge < -0.3 is 19.7 Å². The molecule has 6 aromatic carbocycles. The summed E-state index contributed by atoms with van der Waals surface area (Å²) in [4.78, 5) is 18.5. The normalized spacial score (nSPS) is 11.4. The van der Waals surface area contributed by atoms with Crippen molar-refractivity contribution >= 4 is 65.5 Å². The lowest BCUT2D eigenvalue weighted by molar-refractivity contribution is 0.602. The molecule has 0 bridgehead atoms. The number of imidazole rings is 1. The van der Waals surface area contributed by atoms with E-state index in [1.165, 1.54) is 44.0 Å². The summed E-state index contributed by atoms with van der Waals surface area (Å²) >= 11 is 1.68. The van der Waals surface area contributed by atoms with Crippen molar-refractivity contribution in [2.75, 3.05) is 0 Å². The molecule has 0 fully saturated rings. The van der Waals surface area contributed by atoms with E-state index in [-0.39, 0.29) is 0 Å². The Morgan fingerprint density at radius 1 is 0.510 bits per heavy atom. The Balaban J connectivity index is 0.0000000974. The third-order valence-corrected chi connectivity index (χ3v) is 8.77. The molecule has 0 unspecified atom stereocenters. The number of rotatable bonds is 0. The van der Waals surface area contributed by atoms with Crippen molar-refractivity contribution in [3.63, 3.8) is 0 Å². The van der Waals surface area contributed by atoms with Gasteiger partial charge in [0.05, 0.1) is 33.1 Å². The van der Waals surface area contributed by atoms with Crippen LogP contribution >= 0.6 is 11.3 Å². The molecular weight excluding hydrogens is 625 g/mol. The van der Waals surface area contributed by atoms with E-state index in [1.807, 2.05) is 72.2 Å². The number of aromatic nitrogens is 5. The molecule has 0 radical (unpaired) electrons. The number of H-pyrrole nitrogens is 2. The molecule has 1 aliphatic heterocycles. The number of hydrogen-bond acceptors (Lipinski definition) is 6. The highest BCUT2D eigenvalue weighted by molar-refractivity contribution is 7.16. The van der Waals surface area contributed by atoms with Gasteiger partial charge in [-0.05, 0) is 59.7 Å². The van der Waals surface area contributed by atoms with Gasteiger partial charge in [-0.2, -0.15) is 0 Å². The van der Waals surface area contributed by atoms with Gasteiger partial charge >= 0.3 is 0 Å². The molecule has 0 saturated carbocycles. The lowest BCUT2D eigenvalue weighted by atomic mass is 10.1. The van der Waals surface area contributed by atoms with E-state index in [4.69, 9.17) is 4.42 Å². The second-order valence-corrected chi connectivity index (χ2v) is 12.0. The first-order valence-corrected chi connectivity index (χ1v) is 16.9. The number of para-hydroxylation sites is 7. The van der Waals surface area contributed by atoms with Crippen LogP contribution in [0.2, 0.25) is 0 Å². The van der Waals surface area contributed by atoms with Gasteiger partial charge in [0.15, 0.2) is 12.0 Å². The van der Waals surface area contributed by atoms with E-state index in [2.05, 4.69) is 109 Å². The van der Waals surface area contributed by atoms with Crippen LogP contribution < -0.4 is 5.32 Å². The largest absolute Gasteiger partial charge is 0.443 e. The lowest BCUT2D eigenvalue weighted by Crippen LogP contribution is -1.99. The summed E-state index contributed by atoms with van der Waals surface area (Å²) in [5, 5.41) is 5.90. The van der Waals surface area contributed by atoms with Crippen LogP contribution in [0.4, 0.5) is 0 Å². The second kappa shape index (κ2) is 15.7. The Morgan fingerprint density at radius 2 is 1.08 bits per heavy atom. The summed E-state index contributed by atoms with van der Waals surface area (Å²) in [5.41, 5.74) is 12.2. The van der Waals surface area contributed by atoms with Gasteiger partial charge in [-0.25, -0.2) is 15.0 Å². The molecule has 0 aliphatic carbocycles. The maximum Gasteiger partial charge on any atom is 0.181 e. The van der Waals surface area contributed by atoms with Crippen molar-refractivity contribution in [3.05, 3.63) is 175 Å². The van der Waals surface area contributed by atoms with Gasteiger partial charge in [0.2, 0.25) is 0 Å². The molecule has 0 saturated heterocycles. The van der Waals surface area contributed by atoms with E-state index in [9.17, 15) is 0 Å². The zero-order valence-electron chi connectivity index (χ0n) is 26.7. The van der Waals surface area contributed by atoms with Crippen LogP contribution in [0, 0.1) is 0 Å². The first kappa shape index (κ1) is 31.5. The third kappa shape index (κ3) is 7.90. The Bertz CT molecular complexity index is 2210. The zero-order chi connectivity index (χ0) is 33.1. The van der Waals surface area contributed by atoms with Crippen LogP contribution in [0.15, 0.2) is 168 Å². The standard InChI is InChI=1S/C12H9N.C8H9N.C7H6N2.C7H5NO.C7H5NS/c1-3-7-11-9(5-1)10-6-2-4-8-12(10)13-11;1-2-4-8-6-9-5-7(8)3-1;3*1-2-4-7-6(3-1)8-5-9-7/h1-8,13H;1-4,9H,5-6H2;1-5H,(H,8,9);2*1-5H. The van der Waals surface area contributed by atoms with E-state index in [1.54, 1.807) is 17.7 Å². The Labute approximate surface area is 287 Å². The molecule has 240 valence electrons. The van der Waals surface area contributed by atoms with E-state index < -0.39 is 0 Å². The topological polar surface area (TPSA) is 95.4 Å². The Kier molecular flexibility index (Phi) is 10.1. The number of oxazole rings is 1.